The van der Waals surface area contributed by atoms with Gasteiger partial charge in [-0.2, -0.15) is 0 Å². The van der Waals surface area contributed by atoms with Crippen molar-refractivity contribution in [1.82, 2.24) is 0 Å². The van der Waals surface area contributed by atoms with Crippen molar-refractivity contribution in [2.24, 2.45) is 0 Å². The zero-order valence-corrected chi connectivity index (χ0v) is 16.6. The molecule has 0 saturated heterocycles. The van der Waals surface area contributed by atoms with Gasteiger partial charge >= 0.3 is 5.97 Å². The third-order valence-electron chi connectivity index (χ3n) is 4.82. The second kappa shape index (κ2) is 8.18. The Hall–Kier alpha value is -3.61. The SMILES string of the molecule is CC(C)=CC1OC(=O)c2ccccc2C1=C=C(c1ccccc1)c1ccccc1. The summed E-state index contributed by atoms with van der Waals surface area (Å²) in [5, 5.41) is 0. The van der Waals surface area contributed by atoms with E-state index in [1.807, 2.05) is 80.6 Å². The number of carbonyl (C=O) groups excluding carboxylic acids is 1. The highest BCUT2D eigenvalue weighted by Gasteiger charge is 2.29. The number of rotatable bonds is 3. The van der Waals surface area contributed by atoms with E-state index in [4.69, 9.17) is 4.74 Å². The summed E-state index contributed by atoms with van der Waals surface area (Å²) >= 11 is 0. The summed E-state index contributed by atoms with van der Waals surface area (Å²) in [6.45, 7) is 4.01. The molecule has 0 aromatic heterocycles. The van der Waals surface area contributed by atoms with Crippen molar-refractivity contribution in [3.05, 3.63) is 125 Å². The first kappa shape index (κ1) is 18.7. The Balaban J connectivity index is 2.06. The minimum atomic E-state index is -0.468. The van der Waals surface area contributed by atoms with Gasteiger partial charge in [-0.3, -0.25) is 0 Å². The van der Waals surface area contributed by atoms with Crippen LogP contribution in [-0.4, -0.2) is 12.1 Å². The molecule has 0 spiro atoms. The maximum Gasteiger partial charge on any atom is 0.339 e. The van der Waals surface area contributed by atoms with Gasteiger partial charge in [-0.1, -0.05) is 84.4 Å². The zero-order chi connectivity index (χ0) is 20.2. The third kappa shape index (κ3) is 3.99. The summed E-state index contributed by atoms with van der Waals surface area (Å²) in [6.07, 6.45) is 1.51. The lowest BCUT2D eigenvalue weighted by molar-refractivity contribution is 0.0457. The van der Waals surface area contributed by atoms with Crippen molar-refractivity contribution in [2.75, 3.05) is 0 Å². The van der Waals surface area contributed by atoms with E-state index in [0.717, 1.165) is 33.4 Å². The Labute approximate surface area is 171 Å². The number of cyclic esters (lactones) is 1. The highest BCUT2D eigenvalue weighted by Crippen LogP contribution is 2.33. The highest BCUT2D eigenvalue weighted by atomic mass is 16.5. The van der Waals surface area contributed by atoms with Crippen LogP contribution in [0.2, 0.25) is 0 Å². The van der Waals surface area contributed by atoms with Gasteiger partial charge in [0.05, 0.1) is 5.56 Å². The van der Waals surface area contributed by atoms with E-state index in [1.54, 1.807) is 0 Å². The van der Waals surface area contributed by atoms with Gasteiger partial charge in [0.25, 0.3) is 0 Å². The monoisotopic (exact) mass is 378 g/mol. The second-order valence-corrected chi connectivity index (χ2v) is 7.26. The summed E-state index contributed by atoms with van der Waals surface area (Å²) in [5.41, 5.74) is 10.1. The molecule has 1 aliphatic heterocycles. The average molecular weight is 378 g/mol. The van der Waals surface area contributed by atoms with Gasteiger partial charge in [0.2, 0.25) is 0 Å². The molecule has 0 aliphatic carbocycles. The molecule has 0 bridgehead atoms. The molecule has 2 nitrogen and oxygen atoms in total. The molecule has 3 aromatic carbocycles. The predicted molar refractivity (Wildman–Crippen MR) is 117 cm³/mol. The molecule has 4 rings (SSSR count). The van der Waals surface area contributed by atoms with Crippen LogP contribution in [-0.2, 0) is 4.74 Å². The van der Waals surface area contributed by atoms with Gasteiger partial charge in [0, 0.05) is 16.7 Å². The van der Waals surface area contributed by atoms with Gasteiger partial charge in [0.15, 0.2) is 6.10 Å². The smallest absolute Gasteiger partial charge is 0.339 e. The fourth-order valence-corrected chi connectivity index (χ4v) is 3.50. The topological polar surface area (TPSA) is 26.3 Å². The quantitative estimate of drug-likeness (QED) is 0.303. The number of hydrogen-bond acceptors (Lipinski definition) is 2. The molecule has 0 radical (unpaired) electrons. The van der Waals surface area contributed by atoms with Gasteiger partial charge in [-0.15, -0.1) is 5.73 Å². The largest absolute Gasteiger partial charge is 0.449 e. The maximum atomic E-state index is 12.5. The second-order valence-electron chi connectivity index (χ2n) is 7.26. The van der Waals surface area contributed by atoms with Crippen LogP contribution >= 0.6 is 0 Å². The van der Waals surface area contributed by atoms with Crippen LogP contribution < -0.4 is 0 Å². The fourth-order valence-electron chi connectivity index (χ4n) is 3.50. The van der Waals surface area contributed by atoms with Gasteiger partial charge < -0.3 is 4.74 Å². The average Bonchev–Trinajstić information content (AvgIpc) is 2.74. The molecule has 1 aliphatic rings. The van der Waals surface area contributed by atoms with Crippen LogP contribution in [0.1, 0.15) is 40.9 Å². The molecular formula is C27H22O2. The number of ether oxygens (including phenoxy) is 1. The normalized spacial score (nSPS) is 15.0. The summed E-state index contributed by atoms with van der Waals surface area (Å²) in [7, 11) is 0. The molecule has 0 fully saturated rings. The molecule has 1 unspecified atom stereocenters. The van der Waals surface area contributed by atoms with Crippen molar-refractivity contribution in [3.8, 4) is 0 Å². The first-order valence-corrected chi connectivity index (χ1v) is 9.70. The van der Waals surface area contributed by atoms with Crippen LogP contribution in [0, 0.1) is 0 Å². The molecule has 1 atom stereocenters. The number of esters is 1. The highest BCUT2D eigenvalue weighted by molar-refractivity contribution is 6.00. The molecular weight excluding hydrogens is 356 g/mol. The summed E-state index contributed by atoms with van der Waals surface area (Å²) < 4.78 is 5.78. The molecule has 3 aromatic rings. The molecule has 1 heterocycles. The Kier molecular flexibility index (Phi) is 5.29. The number of carbonyl (C=O) groups is 1. The number of hydrogen-bond donors (Lipinski definition) is 0. The van der Waals surface area contributed by atoms with Crippen LogP contribution in [0.4, 0.5) is 0 Å². The zero-order valence-electron chi connectivity index (χ0n) is 16.6. The van der Waals surface area contributed by atoms with Crippen molar-refractivity contribution >= 4 is 17.1 Å². The minimum Gasteiger partial charge on any atom is -0.449 e. The summed E-state index contributed by atoms with van der Waals surface area (Å²) in [6, 6.07) is 28.0. The molecule has 142 valence electrons. The summed E-state index contributed by atoms with van der Waals surface area (Å²) in [5.74, 6) is -0.297. The minimum absolute atomic E-state index is 0.297. The predicted octanol–water partition coefficient (Wildman–Crippen LogP) is 6.31. The Bertz CT molecular complexity index is 1090. The lowest BCUT2D eigenvalue weighted by Crippen LogP contribution is -2.25. The van der Waals surface area contributed by atoms with Crippen molar-refractivity contribution < 1.29 is 9.53 Å². The van der Waals surface area contributed by atoms with Crippen LogP contribution in [0.3, 0.4) is 0 Å². The Morgan fingerprint density at radius 3 is 1.86 bits per heavy atom. The summed E-state index contributed by atoms with van der Waals surface area (Å²) in [4.78, 5) is 12.5. The van der Waals surface area contributed by atoms with E-state index in [9.17, 15) is 4.79 Å². The van der Waals surface area contributed by atoms with E-state index < -0.39 is 6.10 Å². The molecule has 0 saturated carbocycles. The Morgan fingerprint density at radius 2 is 1.31 bits per heavy atom. The van der Waals surface area contributed by atoms with E-state index in [2.05, 4.69) is 30.0 Å². The first-order valence-electron chi connectivity index (χ1n) is 9.70. The van der Waals surface area contributed by atoms with E-state index in [1.165, 1.54) is 0 Å². The van der Waals surface area contributed by atoms with Crippen LogP contribution in [0.25, 0.3) is 11.1 Å². The third-order valence-corrected chi connectivity index (χ3v) is 4.82. The van der Waals surface area contributed by atoms with Gasteiger partial charge in [-0.05, 0) is 37.1 Å². The lowest BCUT2D eigenvalue weighted by atomic mass is 9.90. The lowest BCUT2D eigenvalue weighted by Gasteiger charge is -2.25. The fraction of sp³-hybridized carbons (Fsp3) is 0.111. The van der Waals surface area contributed by atoms with E-state index >= 15 is 0 Å². The van der Waals surface area contributed by atoms with Crippen LogP contribution in [0.15, 0.2) is 102 Å². The molecule has 2 heteroatoms. The maximum absolute atomic E-state index is 12.5. The number of allylic oxidation sites excluding steroid dienone is 1. The number of benzene rings is 3. The van der Waals surface area contributed by atoms with Gasteiger partial charge in [-0.25, -0.2) is 4.79 Å². The van der Waals surface area contributed by atoms with Crippen LogP contribution in [0.5, 0.6) is 0 Å². The van der Waals surface area contributed by atoms with E-state index in [-0.39, 0.29) is 5.97 Å². The van der Waals surface area contributed by atoms with Crippen molar-refractivity contribution in [3.63, 3.8) is 0 Å². The molecule has 0 amide bonds. The number of fused-ring (bicyclic) bond motifs is 1. The molecule has 0 N–H and O–H groups in total. The first-order chi connectivity index (χ1) is 14.1. The Morgan fingerprint density at radius 1 is 0.793 bits per heavy atom. The van der Waals surface area contributed by atoms with Crippen molar-refractivity contribution in [2.45, 2.75) is 20.0 Å². The van der Waals surface area contributed by atoms with Crippen molar-refractivity contribution in [1.29, 1.82) is 0 Å². The van der Waals surface area contributed by atoms with E-state index in [0.29, 0.717) is 5.56 Å². The molecule has 29 heavy (non-hydrogen) atoms. The standard InChI is InChI=1S/C27H22O2/c1-19(2)17-26-25(22-15-9-10-16-23(22)27(28)29-26)18-24(20-11-5-3-6-12-20)21-13-7-4-8-14-21/h3-17,26H,1-2H3. The van der Waals surface area contributed by atoms with Gasteiger partial charge in [0.1, 0.15) is 0 Å².